The zero-order chi connectivity index (χ0) is 23.4. The fourth-order valence-electron chi connectivity index (χ4n) is 3.68. The van der Waals surface area contributed by atoms with Gasteiger partial charge in [-0.05, 0) is 38.1 Å². The lowest BCUT2D eigenvalue weighted by molar-refractivity contribution is -0.0440. The molecule has 2 aromatic carbocycles. The number of benzene rings is 2. The Kier molecular flexibility index (Phi) is 7.08. The van der Waals surface area contributed by atoms with Gasteiger partial charge in [0.2, 0.25) is 15.2 Å². The van der Waals surface area contributed by atoms with Crippen LogP contribution in [-0.2, 0) is 14.8 Å². The molecule has 3 aromatic rings. The maximum absolute atomic E-state index is 13.2. The molecule has 1 aromatic heterocycles. The van der Waals surface area contributed by atoms with Gasteiger partial charge in [-0.15, -0.1) is 11.3 Å². The van der Waals surface area contributed by atoms with Crippen molar-refractivity contribution in [1.82, 2.24) is 9.29 Å². The Balaban J connectivity index is 1.50. The van der Waals surface area contributed by atoms with Crippen molar-refractivity contribution in [2.75, 3.05) is 25.6 Å². The first-order chi connectivity index (χ1) is 15.9. The molecule has 4 rings (SSSR count). The van der Waals surface area contributed by atoms with Gasteiger partial charge in [-0.3, -0.25) is 5.43 Å². The molecule has 1 fully saturated rings. The number of hydrogen-bond acceptors (Lipinski definition) is 8. The van der Waals surface area contributed by atoms with Crippen LogP contribution in [0.2, 0.25) is 0 Å². The summed E-state index contributed by atoms with van der Waals surface area (Å²) in [7, 11) is -2.01. The van der Waals surface area contributed by atoms with Crippen LogP contribution in [0.4, 0.5) is 5.13 Å². The SMILES string of the molecule is COc1ccccc1/C=N\Nc1nc(-c2cccc(S(=O)(=O)N3C[C@H](C)O[C@@H](C)C3)c2)cs1. The Bertz CT molecular complexity index is 1230. The van der Waals surface area contributed by atoms with Gasteiger partial charge in [0, 0.05) is 29.6 Å². The molecular weight excluding hydrogens is 460 g/mol. The lowest BCUT2D eigenvalue weighted by Crippen LogP contribution is -2.48. The molecule has 0 bridgehead atoms. The number of nitrogens with one attached hydrogen (secondary N) is 1. The van der Waals surface area contributed by atoms with Crippen LogP contribution < -0.4 is 10.2 Å². The third-order valence-electron chi connectivity index (χ3n) is 5.16. The predicted molar refractivity (Wildman–Crippen MR) is 131 cm³/mol. The number of hydrogen-bond donors (Lipinski definition) is 1. The lowest BCUT2D eigenvalue weighted by atomic mass is 10.2. The molecular formula is C23H26N4O4S2. The molecule has 1 aliphatic heterocycles. The fourth-order valence-corrected chi connectivity index (χ4v) is 5.99. The summed E-state index contributed by atoms with van der Waals surface area (Å²) in [5, 5.41) is 6.70. The minimum absolute atomic E-state index is 0.143. The molecule has 0 saturated carbocycles. The van der Waals surface area contributed by atoms with Crippen molar-refractivity contribution in [2.24, 2.45) is 5.10 Å². The van der Waals surface area contributed by atoms with Crippen molar-refractivity contribution >= 4 is 32.7 Å². The summed E-state index contributed by atoms with van der Waals surface area (Å²) in [4.78, 5) is 4.80. The Morgan fingerprint density at radius 1 is 1.18 bits per heavy atom. The van der Waals surface area contributed by atoms with E-state index in [0.29, 0.717) is 23.9 Å². The molecule has 0 aliphatic carbocycles. The maximum Gasteiger partial charge on any atom is 0.243 e. The van der Waals surface area contributed by atoms with E-state index in [4.69, 9.17) is 9.47 Å². The van der Waals surface area contributed by atoms with E-state index in [1.807, 2.05) is 49.6 Å². The van der Waals surface area contributed by atoms with E-state index in [1.165, 1.54) is 15.6 Å². The quantitative estimate of drug-likeness (QED) is 0.400. The largest absolute Gasteiger partial charge is 0.496 e. The predicted octanol–water partition coefficient (Wildman–Crippen LogP) is 4.06. The molecule has 10 heteroatoms. The summed E-state index contributed by atoms with van der Waals surface area (Å²) in [6, 6.07) is 14.4. The number of ether oxygens (including phenoxy) is 2. The minimum Gasteiger partial charge on any atom is -0.496 e. The summed E-state index contributed by atoms with van der Waals surface area (Å²) in [6.07, 6.45) is 1.38. The monoisotopic (exact) mass is 486 g/mol. The smallest absolute Gasteiger partial charge is 0.243 e. The van der Waals surface area contributed by atoms with E-state index in [-0.39, 0.29) is 17.1 Å². The number of aromatic nitrogens is 1. The van der Waals surface area contributed by atoms with Gasteiger partial charge in [-0.2, -0.15) is 9.41 Å². The van der Waals surface area contributed by atoms with Crippen LogP contribution in [0.3, 0.4) is 0 Å². The van der Waals surface area contributed by atoms with E-state index in [0.717, 1.165) is 16.9 Å². The number of anilines is 1. The van der Waals surface area contributed by atoms with Gasteiger partial charge >= 0.3 is 0 Å². The second-order valence-corrected chi connectivity index (χ2v) is 10.6. The van der Waals surface area contributed by atoms with E-state index in [1.54, 1.807) is 31.5 Å². The molecule has 1 N–H and O–H groups in total. The van der Waals surface area contributed by atoms with Crippen molar-refractivity contribution in [3.63, 3.8) is 0 Å². The Hall–Kier alpha value is -2.79. The van der Waals surface area contributed by atoms with Crippen molar-refractivity contribution in [3.05, 3.63) is 59.5 Å². The van der Waals surface area contributed by atoms with Crippen molar-refractivity contribution in [1.29, 1.82) is 0 Å². The van der Waals surface area contributed by atoms with Gasteiger partial charge in [-0.25, -0.2) is 13.4 Å². The molecule has 0 radical (unpaired) electrons. The summed E-state index contributed by atoms with van der Waals surface area (Å²) in [6.45, 7) is 4.45. The number of nitrogens with zero attached hydrogens (tertiary/aromatic N) is 3. The highest BCUT2D eigenvalue weighted by atomic mass is 32.2. The molecule has 0 amide bonds. The zero-order valence-corrected chi connectivity index (χ0v) is 20.3. The standard InChI is InChI=1S/C23H26N4O4S2/c1-16-13-27(14-17(2)31-16)33(28,29)20-9-6-8-18(11-20)21-15-32-23(25-21)26-24-12-19-7-4-5-10-22(19)30-3/h4-12,15-17H,13-14H2,1-3H3,(H,25,26)/b24-12-/t16-,17-/m0/s1. The highest BCUT2D eigenvalue weighted by molar-refractivity contribution is 7.89. The van der Waals surface area contributed by atoms with Gasteiger partial charge in [0.1, 0.15) is 5.75 Å². The summed E-state index contributed by atoms with van der Waals surface area (Å²) < 4.78 is 38.9. The molecule has 174 valence electrons. The highest BCUT2D eigenvalue weighted by Crippen LogP contribution is 2.28. The lowest BCUT2D eigenvalue weighted by Gasteiger charge is -2.34. The topological polar surface area (TPSA) is 93.1 Å². The summed E-state index contributed by atoms with van der Waals surface area (Å²) in [5.74, 6) is 0.727. The molecule has 0 spiro atoms. The van der Waals surface area contributed by atoms with E-state index >= 15 is 0 Å². The first-order valence-electron chi connectivity index (χ1n) is 10.5. The average Bonchev–Trinajstić information content (AvgIpc) is 3.28. The highest BCUT2D eigenvalue weighted by Gasteiger charge is 2.32. The second kappa shape index (κ2) is 10.0. The van der Waals surface area contributed by atoms with Gasteiger partial charge in [0.05, 0.1) is 36.1 Å². The summed E-state index contributed by atoms with van der Waals surface area (Å²) in [5.41, 5.74) is 5.17. The van der Waals surface area contributed by atoms with Crippen LogP contribution in [0, 0.1) is 0 Å². The maximum atomic E-state index is 13.2. The van der Waals surface area contributed by atoms with Crippen LogP contribution in [0.1, 0.15) is 19.4 Å². The number of hydrazone groups is 1. The second-order valence-electron chi connectivity index (χ2n) is 7.76. The van der Waals surface area contributed by atoms with Crippen LogP contribution in [0.15, 0.2) is 63.9 Å². The van der Waals surface area contributed by atoms with E-state index < -0.39 is 10.0 Å². The molecule has 1 saturated heterocycles. The van der Waals surface area contributed by atoms with Crippen molar-refractivity contribution in [2.45, 2.75) is 31.0 Å². The zero-order valence-electron chi connectivity index (χ0n) is 18.6. The number of morpholine rings is 1. The van der Waals surface area contributed by atoms with Gasteiger partial charge in [0.15, 0.2) is 0 Å². The fraction of sp³-hybridized carbons (Fsp3) is 0.304. The van der Waals surface area contributed by atoms with Crippen LogP contribution in [0.5, 0.6) is 5.75 Å². The number of rotatable bonds is 7. The molecule has 0 unspecified atom stereocenters. The third-order valence-corrected chi connectivity index (χ3v) is 7.74. The Morgan fingerprint density at radius 3 is 2.70 bits per heavy atom. The van der Waals surface area contributed by atoms with Crippen molar-refractivity contribution in [3.8, 4) is 17.0 Å². The first-order valence-corrected chi connectivity index (χ1v) is 12.8. The number of sulfonamides is 1. The molecule has 2 atom stereocenters. The van der Waals surface area contributed by atoms with E-state index in [2.05, 4.69) is 15.5 Å². The third kappa shape index (κ3) is 5.41. The molecule has 1 aliphatic rings. The normalized spacial score (nSPS) is 19.6. The van der Waals surface area contributed by atoms with Crippen molar-refractivity contribution < 1.29 is 17.9 Å². The van der Waals surface area contributed by atoms with Crippen LogP contribution in [0.25, 0.3) is 11.3 Å². The Labute approximate surface area is 197 Å². The molecule has 2 heterocycles. The first kappa shape index (κ1) is 23.4. The Morgan fingerprint density at radius 2 is 1.94 bits per heavy atom. The number of methoxy groups -OCH3 is 1. The van der Waals surface area contributed by atoms with Crippen LogP contribution in [-0.4, -0.2) is 56.3 Å². The van der Waals surface area contributed by atoms with Gasteiger partial charge in [-0.1, -0.05) is 24.3 Å². The van der Waals surface area contributed by atoms with E-state index in [9.17, 15) is 8.42 Å². The number of para-hydroxylation sites is 1. The van der Waals surface area contributed by atoms with Gasteiger partial charge in [0.25, 0.3) is 0 Å². The van der Waals surface area contributed by atoms with Gasteiger partial charge < -0.3 is 9.47 Å². The number of thiazole rings is 1. The molecule has 33 heavy (non-hydrogen) atoms. The average molecular weight is 487 g/mol. The minimum atomic E-state index is -3.63. The summed E-state index contributed by atoms with van der Waals surface area (Å²) >= 11 is 1.39. The van der Waals surface area contributed by atoms with Crippen LogP contribution >= 0.6 is 11.3 Å². The molecule has 8 nitrogen and oxygen atoms in total.